The van der Waals surface area contributed by atoms with Crippen LogP contribution >= 0.6 is 0 Å². The van der Waals surface area contributed by atoms with Gasteiger partial charge in [-0.25, -0.2) is 14.8 Å². The lowest BCUT2D eigenvalue weighted by molar-refractivity contribution is -0.142. The summed E-state index contributed by atoms with van der Waals surface area (Å²) in [4.78, 5) is 52.0. The zero-order valence-corrected chi connectivity index (χ0v) is 26.6. The van der Waals surface area contributed by atoms with Crippen LogP contribution in [0.5, 0.6) is 0 Å². The first kappa shape index (κ1) is 33.6. The number of amides is 2. The number of nitrogens with zero attached hydrogens (tertiary/aromatic N) is 5. The molecule has 0 atom stereocenters. The van der Waals surface area contributed by atoms with E-state index >= 15 is 0 Å². The largest absolute Gasteiger partial charge is 1.00 e. The highest BCUT2D eigenvalue weighted by Gasteiger charge is 2.21. The van der Waals surface area contributed by atoms with Crippen molar-refractivity contribution in [1.29, 1.82) is 0 Å². The number of nitrogens with two attached hydrogens (primary N) is 1. The molecule has 0 bridgehead atoms. The van der Waals surface area contributed by atoms with E-state index in [1.54, 1.807) is 55.6 Å². The van der Waals surface area contributed by atoms with Crippen LogP contribution in [0.2, 0.25) is 0 Å². The van der Waals surface area contributed by atoms with Crippen molar-refractivity contribution in [3.05, 3.63) is 83.8 Å². The number of esters is 1. The molecule has 2 aromatic heterocycles. The van der Waals surface area contributed by atoms with Crippen molar-refractivity contribution < 1.29 is 25.3 Å². The number of pyridine rings is 1. The van der Waals surface area contributed by atoms with Crippen LogP contribution in [-0.2, 0) is 27.9 Å². The first-order valence-corrected chi connectivity index (χ1v) is 15.5. The van der Waals surface area contributed by atoms with Crippen LogP contribution in [-0.4, -0.2) is 58.1 Å². The highest BCUT2D eigenvalue weighted by atomic mass is 16.5. The van der Waals surface area contributed by atoms with Gasteiger partial charge in [0.15, 0.2) is 0 Å². The van der Waals surface area contributed by atoms with Gasteiger partial charge in [-0.05, 0) is 67.9 Å². The van der Waals surface area contributed by atoms with Gasteiger partial charge < -0.3 is 25.1 Å². The molecule has 4 rings (SSSR count). The van der Waals surface area contributed by atoms with Crippen molar-refractivity contribution in [3.63, 3.8) is 0 Å². The van der Waals surface area contributed by atoms with E-state index in [1.807, 2.05) is 29.8 Å². The molecule has 242 valence electrons. The average molecular weight is 629 g/mol. The fraction of sp³-hybridized carbons (Fsp3) is 0.353. The molecule has 0 aliphatic heterocycles. The number of aliphatic imine (C=N–C) groups is 1. The number of aryl methyl sites for hydroxylation is 1. The van der Waals surface area contributed by atoms with Gasteiger partial charge in [0, 0.05) is 36.6 Å². The van der Waals surface area contributed by atoms with Crippen molar-refractivity contribution in [3.8, 4) is 0 Å². The Morgan fingerprint density at radius 1 is 1.00 bits per heavy atom. The minimum Gasteiger partial charge on any atom is -0.466 e. The molecule has 0 unspecified atom stereocenters. The minimum atomic E-state index is -0.691. The third-order valence-corrected chi connectivity index (χ3v) is 7.30. The summed E-state index contributed by atoms with van der Waals surface area (Å²) in [7, 11) is 1.91. The zero-order valence-electron chi connectivity index (χ0n) is 27.6. The summed E-state index contributed by atoms with van der Waals surface area (Å²) in [6.45, 7) is 5.02. The maximum atomic E-state index is 13.6. The summed E-state index contributed by atoms with van der Waals surface area (Å²) >= 11 is 0. The second-order valence-corrected chi connectivity index (χ2v) is 10.6. The number of nitrogens with one attached hydrogen (secondary N) is 1. The Hall–Kier alpha value is -5.26. The van der Waals surface area contributed by atoms with Crippen molar-refractivity contribution in [2.45, 2.75) is 52.5 Å². The monoisotopic (exact) mass is 628 g/mol. The predicted octanol–water partition coefficient (Wildman–Crippen LogP) is 5.72. The Morgan fingerprint density at radius 2 is 1.78 bits per heavy atom. The van der Waals surface area contributed by atoms with Crippen LogP contribution in [0.25, 0.3) is 11.0 Å². The molecular weight excluding hydrogens is 586 g/mol. The van der Waals surface area contributed by atoms with Crippen LogP contribution in [0.3, 0.4) is 0 Å². The molecule has 12 nitrogen and oxygen atoms in total. The van der Waals surface area contributed by atoms with Crippen LogP contribution < -0.4 is 16.0 Å². The quantitative estimate of drug-likeness (QED) is 0.0729. The SMILES string of the molecule is CCCCCCOC(=O)/N=C(/N)c1ccc(NCc2nc3cc(C(=O)N(CCC(=O)OCC)c4ccccn4)ccc3n2C)cc1.[H+]. The minimum absolute atomic E-state index is 0. The fourth-order valence-corrected chi connectivity index (χ4v) is 4.79. The lowest BCUT2D eigenvalue weighted by Crippen LogP contribution is -2.34. The van der Waals surface area contributed by atoms with Gasteiger partial charge in [0.25, 0.3) is 5.91 Å². The van der Waals surface area contributed by atoms with E-state index in [-0.39, 0.29) is 38.7 Å². The van der Waals surface area contributed by atoms with Gasteiger partial charge in [-0.15, -0.1) is 0 Å². The Balaban J connectivity index is 0.00000600. The molecular formula is C34H42N7O5+. The van der Waals surface area contributed by atoms with Crippen LogP contribution in [0, 0.1) is 0 Å². The lowest BCUT2D eigenvalue weighted by atomic mass is 10.1. The number of rotatable bonds is 15. The van der Waals surface area contributed by atoms with E-state index in [0.29, 0.717) is 35.6 Å². The van der Waals surface area contributed by atoms with Crippen LogP contribution in [0.15, 0.2) is 71.9 Å². The Bertz CT molecular complexity index is 1660. The van der Waals surface area contributed by atoms with E-state index in [0.717, 1.165) is 42.7 Å². The van der Waals surface area contributed by atoms with Crippen molar-refractivity contribution in [2.75, 3.05) is 30.0 Å². The number of amidine groups is 1. The number of imidazole rings is 1. The molecule has 2 aromatic carbocycles. The molecule has 0 spiro atoms. The number of carbonyl (C=O) groups is 3. The number of hydrogen-bond donors (Lipinski definition) is 2. The Morgan fingerprint density at radius 3 is 2.50 bits per heavy atom. The standard InChI is InChI=1S/C34H41N7O5/c1-4-6-7-10-21-46-34(44)39-32(35)24-12-15-26(16-13-24)37-23-30-38-27-22-25(14-17-28(27)40(30)3)33(43)41(20-18-31(42)45-5-2)29-11-8-9-19-36-29/h8-9,11-17,19,22,37H,4-7,10,18,20-21,23H2,1-3H3,(H2,35,39,44)/p+1. The molecule has 2 heterocycles. The number of benzene rings is 2. The van der Waals surface area contributed by atoms with Gasteiger partial charge in [0.2, 0.25) is 0 Å². The van der Waals surface area contributed by atoms with E-state index in [4.69, 9.17) is 20.2 Å². The number of fused-ring (bicyclic) bond motifs is 1. The van der Waals surface area contributed by atoms with Crippen molar-refractivity contribution >= 4 is 46.3 Å². The van der Waals surface area contributed by atoms with Gasteiger partial charge in [0.1, 0.15) is 17.5 Å². The van der Waals surface area contributed by atoms with Crippen LogP contribution in [0.1, 0.15) is 69.1 Å². The first-order chi connectivity index (χ1) is 22.3. The molecule has 0 fully saturated rings. The molecule has 2 amide bonds. The van der Waals surface area contributed by atoms with Gasteiger partial charge in [-0.2, -0.15) is 4.99 Å². The van der Waals surface area contributed by atoms with E-state index < -0.39 is 6.09 Å². The smallest absolute Gasteiger partial charge is 0.466 e. The number of aromatic nitrogens is 3. The first-order valence-electron chi connectivity index (χ1n) is 15.5. The molecule has 0 saturated carbocycles. The Kier molecular flexibility index (Phi) is 12.2. The lowest BCUT2D eigenvalue weighted by Gasteiger charge is -2.21. The predicted molar refractivity (Wildman–Crippen MR) is 179 cm³/mol. The van der Waals surface area contributed by atoms with E-state index in [1.165, 1.54) is 4.90 Å². The second-order valence-electron chi connectivity index (χ2n) is 10.6. The van der Waals surface area contributed by atoms with Crippen molar-refractivity contribution in [2.24, 2.45) is 17.8 Å². The van der Waals surface area contributed by atoms with E-state index in [2.05, 4.69) is 22.2 Å². The van der Waals surface area contributed by atoms with Gasteiger partial charge >= 0.3 is 13.5 Å². The zero-order chi connectivity index (χ0) is 32.9. The third-order valence-electron chi connectivity index (χ3n) is 7.30. The number of carbonyl (C=O) groups excluding carboxylic acids is 3. The van der Waals surface area contributed by atoms with Gasteiger partial charge in [0.05, 0.1) is 37.2 Å². The van der Waals surface area contributed by atoms with Gasteiger partial charge in [-0.1, -0.05) is 32.3 Å². The number of anilines is 2. The molecule has 4 aromatic rings. The highest BCUT2D eigenvalue weighted by Crippen LogP contribution is 2.21. The molecule has 46 heavy (non-hydrogen) atoms. The summed E-state index contributed by atoms with van der Waals surface area (Å²) in [5.74, 6) is 0.620. The molecule has 12 heteroatoms. The molecule has 0 aliphatic rings. The second kappa shape index (κ2) is 16.7. The normalized spacial score (nSPS) is 11.3. The number of ether oxygens (including phenoxy) is 2. The summed E-state index contributed by atoms with van der Waals surface area (Å²) in [6.07, 6.45) is 4.99. The summed E-state index contributed by atoms with van der Waals surface area (Å²) in [6, 6.07) is 17.9. The highest BCUT2D eigenvalue weighted by molar-refractivity contribution is 6.07. The molecule has 3 N–H and O–H groups in total. The number of hydrogen-bond acceptors (Lipinski definition) is 8. The average Bonchev–Trinajstić information content (AvgIpc) is 3.38. The topological polar surface area (TPSA) is 154 Å². The molecule has 0 radical (unpaired) electrons. The van der Waals surface area contributed by atoms with Crippen molar-refractivity contribution in [1.82, 2.24) is 14.5 Å². The van der Waals surface area contributed by atoms with E-state index in [9.17, 15) is 14.4 Å². The third kappa shape index (κ3) is 9.13. The van der Waals surface area contributed by atoms with Gasteiger partial charge in [-0.3, -0.25) is 14.5 Å². The summed E-state index contributed by atoms with van der Waals surface area (Å²) < 4.78 is 12.1. The number of unbranched alkanes of at least 4 members (excludes halogenated alkanes) is 3. The molecule has 0 saturated heterocycles. The maximum absolute atomic E-state index is 13.6. The summed E-state index contributed by atoms with van der Waals surface area (Å²) in [5.41, 5.74) is 9.40. The molecule has 0 aliphatic carbocycles. The summed E-state index contributed by atoms with van der Waals surface area (Å²) in [5, 5.41) is 3.35. The fourth-order valence-electron chi connectivity index (χ4n) is 4.79. The van der Waals surface area contributed by atoms with Crippen LogP contribution in [0.4, 0.5) is 16.3 Å². The Labute approximate surface area is 270 Å². The maximum Gasteiger partial charge on any atom is 1.00 e.